The van der Waals surface area contributed by atoms with Crippen molar-refractivity contribution in [2.75, 3.05) is 26.4 Å². The minimum absolute atomic E-state index is 0.270. The van der Waals surface area contributed by atoms with Crippen molar-refractivity contribution in [2.45, 2.75) is 52.5 Å². The molecular formula is C26H33FN2O4. The fourth-order valence-electron chi connectivity index (χ4n) is 4.67. The Morgan fingerprint density at radius 2 is 1.94 bits per heavy atom. The van der Waals surface area contributed by atoms with Gasteiger partial charge in [-0.05, 0) is 64.3 Å². The lowest BCUT2D eigenvalue weighted by atomic mass is 9.74. The highest BCUT2D eigenvalue weighted by Crippen LogP contribution is 2.34. The van der Waals surface area contributed by atoms with Gasteiger partial charge in [-0.2, -0.15) is 0 Å². The van der Waals surface area contributed by atoms with E-state index in [1.165, 1.54) is 12.1 Å². The van der Waals surface area contributed by atoms with Gasteiger partial charge in [-0.25, -0.2) is 9.18 Å². The molecule has 0 saturated carbocycles. The predicted octanol–water partition coefficient (Wildman–Crippen LogP) is 4.32. The van der Waals surface area contributed by atoms with Gasteiger partial charge in [-0.15, -0.1) is 0 Å². The maximum atomic E-state index is 13.9. The molecular weight excluding hydrogens is 423 g/mol. The van der Waals surface area contributed by atoms with Crippen molar-refractivity contribution in [3.05, 3.63) is 64.2 Å². The smallest absolute Gasteiger partial charge is 0.340 e. The quantitative estimate of drug-likeness (QED) is 0.475. The zero-order chi connectivity index (χ0) is 24.0. The number of rotatable bonds is 8. The summed E-state index contributed by atoms with van der Waals surface area (Å²) in [6.45, 7) is 10.1. The number of halogens is 1. The summed E-state index contributed by atoms with van der Waals surface area (Å²) in [5, 5.41) is 2.98. The normalized spacial score (nSPS) is 15.5. The molecule has 7 heteroatoms. The maximum absolute atomic E-state index is 13.9. The van der Waals surface area contributed by atoms with Crippen molar-refractivity contribution in [3.8, 4) is 0 Å². The van der Waals surface area contributed by atoms with E-state index in [1.54, 1.807) is 25.1 Å². The highest BCUT2D eigenvalue weighted by atomic mass is 19.1. The molecule has 1 aromatic heterocycles. The minimum Gasteiger partial charge on any atom is -0.462 e. The molecule has 6 nitrogen and oxygen atoms in total. The van der Waals surface area contributed by atoms with E-state index in [0.29, 0.717) is 50.3 Å². The molecule has 1 aliphatic heterocycles. The van der Waals surface area contributed by atoms with E-state index in [-0.39, 0.29) is 23.7 Å². The number of ether oxygens (including phenoxy) is 2. The van der Waals surface area contributed by atoms with Gasteiger partial charge < -0.3 is 19.4 Å². The van der Waals surface area contributed by atoms with Gasteiger partial charge in [0.25, 0.3) is 0 Å². The summed E-state index contributed by atoms with van der Waals surface area (Å²) in [6, 6.07) is 6.57. The number of hydrogen-bond donors (Lipinski definition) is 1. The molecule has 178 valence electrons. The van der Waals surface area contributed by atoms with E-state index in [9.17, 15) is 14.0 Å². The lowest BCUT2D eigenvalue weighted by Gasteiger charge is -2.37. The number of hydrogen-bond acceptors (Lipinski definition) is 4. The summed E-state index contributed by atoms with van der Waals surface area (Å²) in [6.07, 6.45) is 4.52. The molecule has 33 heavy (non-hydrogen) atoms. The molecule has 0 aliphatic carbocycles. The second-order valence-corrected chi connectivity index (χ2v) is 8.38. The Balaban J connectivity index is 1.80. The second-order valence-electron chi connectivity index (χ2n) is 8.38. The highest BCUT2D eigenvalue weighted by molar-refractivity contribution is 5.98. The molecule has 3 rings (SSSR count). The van der Waals surface area contributed by atoms with Gasteiger partial charge in [0, 0.05) is 54.7 Å². The van der Waals surface area contributed by atoms with Gasteiger partial charge in [0.2, 0.25) is 5.91 Å². The van der Waals surface area contributed by atoms with Crippen molar-refractivity contribution in [2.24, 2.45) is 0 Å². The Kier molecular flexibility index (Phi) is 8.08. The molecule has 0 bridgehead atoms. The molecule has 1 aliphatic rings. The molecule has 0 spiro atoms. The Labute approximate surface area is 194 Å². The molecule has 0 unspecified atom stereocenters. The minimum atomic E-state index is -0.391. The van der Waals surface area contributed by atoms with Gasteiger partial charge in [0.05, 0.1) is 12.2 Å². The van der Waals surface area contributed by atoms with E-state index in [0.717, 1.165) is 17.0 Å². The highest BCUT2D eigenvalue weighted by Gasteiger charge is 2.35. The maximum Gasteiger partial charge on any atom is 0.340 e. The zero-order valence-electron chi connectivity index (χ0n) is 19.9. The van der Waals surface area contributed by atoms with E-state index in [1.807, 2.05) is 31.4 Å². The number of carbonyl (C=O) groups excluding carboxylic acids is 2. The molecule has 2 aromatic rings. The van der Waals surface area contributed by atoms with E-state index >= 15 is 0 Å². The third kappa shape index (κ3) is 5.36. The summed E-state index contributed by atoms with van der Waals surface area (Å²) < 4.78 is 26.7. The lowest BCUT2D eigenvalue weighted by molar-refractivity contribution is -0.116. The van der Waals surface area contributed by atoms with Crippen LogP contribution >= 0.6 is 0 Å². The van der Waals surface area contributed by atoms with Crippen LogP contribution < -0.4 is 5.32 Å². The number of aromatic nitrogens is 1. The molecule has 1 saturated heterocycles. The summed E-state index contributed by atoms with van der Waals surface area (Å²) in [5.74, 6) is -0.951. The molecule has 0 radical (unpaired) electrons. The molecule has 2 heterocycles. The van der Waals surface area contributed by atoms with Crippen LogP contribution in [-0.2, 0) is 26.2 Å². The Morgan fingerprint density at radius 3 is 2.58 bits per heavy atom. The molecule has 1 aromatic carbocycles. The van der Waals surface area contributed by atoms with Crippen LogP contribution in [0.15, 0.2) is 30.3 Å². The van der Waals surface area contributed by atoms with Crippen LogP contribution in [0.25, 0.3) is 6.08 Å². The van der Waals surface area contributed by atoms with Crippen LogP contribution in [0.3, 0.4) is 0 Å². The summed E-state index contributed by atoms with van der Waals surface area (Å²) in [4.78, 5) is 25.3. The first-order valence-electron chi connectivity index (χ1n) is 11.5. The summed E-state index contributed by atoms with van der Waals surface area (Å²) in [5.41, 5.74) is 3.39. The van der Waals surface area contributed by atoms with Crippen molar-refractivity contribution in [1.29, 1.82) is 0 Å². The number of amides is 1. The van der Waals surface area contributed by atoms with Crippen LogP contribution in [-0.4, -0.2) is 42.8 Å². The zero-order valence-corrected chi connectivity index (χ0v) is 19.9. The van der Waals surface area contributed by atoms with E-state index in [4.69, 9.17) is 9.47 Å². The SMILES string of the molecule is CCOC(=O)c1c(C=CC(=O)NCC2(c3cccc(F)c3)CCOCC2)c(C)n(CC)c1C. The first-order chi connectivity index (χ1) is 15.8. The number of carbonyl (C=O) groups is 2. The van der Waals surface area contributed by atoms with Crippen molar-refractivity contribution in [3.63, 3.8) is 0 Å². The van der Waals surface area contributed by atoms with Gasteiger partial charge in [-0.1, -0.05) is 12.1 Å². The third-order valence-corrected chi connectivity index (χ3v) is 6.52. The Bertz CT molecular complexity index is 1040. The topological polar surface area (TPSA) is 69.6 Å². The fraction of sp³-hybridized carbons (Fsp3) is 0.462. The van der Waals surface area contributed by atoms with E-state index in [2.05, 4.69) is 5.32 Å². The number of benzene rings is 1. The van der Waals surface area contributed by atoms with Crippen LogP contribution in [0.1, 0.15) is 59.6 Å². The third-order valence-electron chi connectivity index (χ3n) is 6.52. The molecule has 1 fully saturated rings. The van der Waals surface area contributed by atoms with Crippen molar-refractivity contribution in [1.82, 2.24) is 9.88 Å². The van der Waals surface area contributed by atoms with Crippen LogP contribution in [0, 0.1) is 19.7 Å². The fourth-order valence-corrected chi connectivity index (χ4v) is 4.67. The van der Waals surface area contributed by atoms with Crippen molar-refractivity contribution < 1.29 is 23.5 Å². The van der Waals surface area contributed by atoms with Crippen LogP contribution in [0.5, 0.6) is 0 Å². The number of nitrogens with one attached hydrogen (secondary N) is 1. The summed E-state index contributed by atoms with van der Waals surface area (Å²) >= 11 is 0. The first kappa shape index (κ1) is 24.7. The standard InChI is InChI=1S/C26H33FN2O4/c1-5-29-18(3)22(24(19(29)4)25(31)33-6-2)10-11-23(30)28-17-26(12-14-32-15-13-26)20-8-7-9-21(27)16-20/h7-11,16H,5-6,12-15,17H2,1-4H3,(H,28,30). The molecule has 0 atom stereocenters. The monoisotopic (exact) mass is 456 g/mol. The second kappa shape index (κ2) is 10.8. The van der Waals surface area contributed by atoms with Gasteiger partial charge in [0.1, 0.15) is 5.82 Å². The number of nitrogens with zero attached hydrogens (tertiary/aromatic N) is 1. The largest absolute Gasteiger partial charge is 0.462 e. The summed E-state index contributed by atoms with van der Waals surface area (Å²) in [7, 11) is 0. The van der Waals surface area contributed by atoms with Crippen LogP contribution in [0.4, 0.5) is 4.39 Å². The molecule has 1 amide bonds. The van der Waals surface area contributed by atoms with Gasteiger partial charge in [0.15, 0.2) is 0 Å². The Morgan fingerprint density at radius 1 is 1.21 bits per heavy atom. The van der Waals surface area contributed by atoms with Crippen LogP contribution in [0.2, 0.25) is 0 Å². The average Bonchev–Trinajstić information content (AvgIpc) is 3.05. The average molecular weight is 457 g/mol. The first-order valence-corrected chi connectivity index (χ1v) is 11.5. The lowest BCUT2D eigenvalue weighted by Crippen LogP contribution is -2.44. The van der Waals surface area contributed by atoms with Crippen molar-refractivity contribution >= 4 is 18.0 Å². The van der Waals surface area contributed by atoms with E-state index < -0.39 is 5.97 Å². The Hall–Kier alpha value is -2.93. The van der Waals surface area contributed by atoms with Gasteiger partial charge in [-0.3, -0.25) is 4.79 Å². The van der Waals surface area contributed by atoms with Gasteiger partial charge >= 0.3 is 5.97 Å². The number of esters is 1. The predicted molar refractivity (Wildman–Crippen MR) is 126 cm³/mol. The molecule has 1 N–H and O–H groups in total.